The van der Waals surface area contributed by atoms with Gasteiger partial charge in [0.1, 0.15) is 6.29 Å². The van der Waals surface area contributed by atoms with Crippen molar-refractivity contribution in [2.75, 3.05) is 0 Å². The Hall–Kier alpha value is -0.850. The van der Waals surface area contributed by atoms with E-state index in [1.165, 1.54) is 19.3 Å². The smallest absolute Gasteiger partial charge is 0.126 e. The van der Waals surface area contributed by atoms with Crippen LogP contribution >= 0.6 is 0 Å². The van der Waals surface area contributed by atoms with Crippen LogP contribution < -0.4 is 0 Å². The largest absolute Gasteiger partial charge is 0.303 e. The molecule has 0 aliphatic heterocycles. The van der Waals surface area contributed by atoms with Crippen LogP contribution in [0.1, 0.15) is 39.5 Å². The van der Waals surface area contributed by atoms with E-state index in [1.54, 1.807) is 0 Å². The third-order valence-corrected chi connectivity index (χ3v) is 1.82. The minimum atomic E-state index is 0.0593. The van der Waals surface area contributed by atoms with Gasteiger partial charge in [-0.05, 0) is 12.8 Å². The molecule has 0 radical (unpaired) electrons. The first kappa shape index (κ1) is 12.2. The van der Waals surface area contributed by atoms with Crippen molar-refractivity contribution in [3.05, 3.63) is 24.3 Å². The zero-order chi connectivity index (χ0) is 9.94. The van der Waals surface area contributed by atoms with Gasteiger partial charge in [0.15, 0.2) is 0 Å². The first-order valence-electron chi connectivity index (χ1n) is 5.08. The van der Waals surface area contributed by atoms with Gasteiger partial charge in [-0.3, -0.25) is 0 Å². The Morgan fingerprint density at radius 3 is 2.62 bits per heavy atom. The lowest BCUT2D eigenvalue weighted by molar-refractivity contribution is -0.109. The van der Waals surface area contributed by atoms with Crippen molar-refractivity contribution in [3.8, 4) is 0 Å². The van der Waals surface area contributed by atoms with Crippen molar-refractivity contribution in [2.24, 2.45) is 5.92 Å². The third-order valence-electron chi connectivity index (χ3n) is 1.82. The van der Waals surface area contributed by atoms with E-state index in [1.807, 2.05) is 19.1 Å². The highest BCUT2D eigenvalue weighted by molar-refractivity contribution is 5.55. The molecule has 0 fully saturated rings. The second-order valence-electron chi connectivity index (χ2n) is 3.27. The lowest BCUT2D eigenvalue weighted by Gasteiger charge is -1.90. The van der Waals surface area contributed by atoms with E-state index in [2.05, 4.69) is 19.1 Å². The Balaban J connectivity index is 3.37. The summed E-state index contributed by atoms with van der Waals surface area (Å²) in [7, 11) is 0. The normalized spacial score (nSPS) is 14.0. The molecule has 1 nitrogen and oxygen atoms in total. The van der Waals surface area contributed by atoms with Gasteiger partial charge in [0, 0.05) is 5.92 Å². The van der Waals surface area contributed by atoms with Crippen LogP contribution in [-0.2, 0) is 4.79 Å². The highest BCUT2D eigenvalue weighted by Crippen LogP contribution is 1.98. The maximum absolute atomic E-state index is 10.2. The summed E-state index contributed by atoms with van der Waals surface area (Å²) in [6, 6.07) is 0. The van der Waals surface area contributed by atoms with Crippen LogP contribution in [0.25, 0.3) is 0 Å². The zero-order valence-electron chi connectivity index (χ0n) is 8.70. The van der Waals surface area contributed by atoms with Gasteiger partial charge in [0.25, 0.3) is 0 Å². The van der Waals surface area contributed by atoms with E-state index < -0.39 is 0 Å². The number of allylic oxidation sites excluding steroid dienone is 4. The van der Waals surface area contributed by atoms with Gasteiger partial charge in [-0.1, -0.05) is 51.0 Å². The monoisotopic (exact) mass is 180 g/mol. The summed E-state index contributed by atoms with van der Waals surface area (Å²) in [5.41, 5.74) is 0. The van der Waals surface area contributed by atoms with E-state index in [-0.39, 0.29) is 5.92 Å². The van der Waals surface area contributed by atoms with Gasteiger partial charge in [0.05, 0.1) is 0 Å². The van der Waals surface area contributed by atoms with Gasteiger partial charge < -0.3 is 4.79 Å². The molecule has 0 amide bonds. The topological polar surface area (TPSA) is 17.1 Å². The molecule has 74 valence electrons. The fourth-order valence-corrected chi connectivity index (χ4v) is 0.953. The summed E-state index contributed by atoms with van der Waals surface area (Å²) in [6.45, 7) is 4.09. The molecule has 0 aliphatic rings. The molecule has 1 heteroatoms. The molecule has 0 rings (SSSR count). The molecule has 0 heterocycles. The minimum absolute atomic E-state index is 0.0593. The number of rotatable bonds is 7. The van der Waals surface area contributed by atoms with Crippen molar-refractivity contribution < 1.29 is 4.79 Å². The number of aldehydes is 1. The van der Waals surface area contributed by atoms with Crippen molar-refractivity contribution in [1.82, 2.24) is 0 Å². The second-order valence-corrected chi connectivity index (χ2v) is 3.27. The number of hydrogen-bond acceptors (Lipinski definition) is 1. The lowest BCUT2D eigenvalue weighted by atomic mass is 10.2. The standard InChI is InChI=1S/C12H20O/c1-3-4-5-6-7-8-9-10-12(2)11-13/h6-7,9-12H,3-5,8H2,1-2H3. The predicted octanol–water partition coefficient (Wildman–Crippen LogP) is 3.51. The summed E-state index contributed by atoms with van der Waals surface area (Å²) >= 11 is 0. The molecule has 0 aromatic carbocycles. The lowest BCUT2D eigenvalue weighted by Crippen LogP contribution is -1.87. The van der Waals surface area contributed by atoms with E-state index in [0.29, 0.717) is 0 Å². The summed E-state index contributed by atoms with van der Waals surface area (Å²) in [6.07, 6.45) is 13.9. The molecule has 0 N–H and O–H groups in total. The summed E-state index contributed by atoms with van der Waals surface area (Å²) in [5, 5.41) is 0. The van der Waals surface area contributed by atoms with Crippen LogP contribution in [0.15, 0.2) is 24.3 Å². The summed E-state index contributed by atoms with van der Waals surface area (Å²) in [4.78, 5) is 10.2. The fraction of sp³-hybridized carbons (Fsp3) is 0.583. The van der Waals surface area contributed by atoms with E-state index in [0.717, 1.165) is 12.7 Å². The van der Waals surface area contributed by atoms with E-state index in [4.69, 9.17) is 0 Å². The van der Waals surface area contributed by atoms with Crippen LogP contribution in [0.2, 0.25) is 0 Å². The first-order chi connectivity index (χ1) is 6.31. The van der Waals surface area contributed by atoms with Crippen LogP contribution in [-0.4, -0.2) is 6.29 Å². The molecule has 13 heavy (non-hydrogen) atoms. The van der Waals surface area contributed by atoms with Crippen molar-refractivity contribution in [2.45, 2.75) is 39.5 Å². The Morgan fingerprint density at radius 1 is 1.23 bits per heavy atom. The molecule has 0 aromatic heterocycles. The number of carbonyl (C=O) groups excluding carboxylic acids is 1. The second kappa shape index (κ2) is 9.24. The maximum atomic E-state index is 10.2. The number of hydrogen-bond donors (Lipinski definition) is 0. The van der Waals surface area contributed by atoms with Crippen LogP contribution in [0, 0.1) is 5.92 Å². The van der Waals surface area contributed by atoms with Gasteiger partial charge >= 0.3 is 0 Å². The van der Waals surface area contributed by atoms with Crippen LogP contribution in [0.5, 0.6) is 0 Å². The molecule has 0 aromatic rings. The highest BCUT2D eigenvalue weighted by Gasteiger charge is 1.88. The summed E-state index contributed by atoms with van der Waals surface area (Å²) < 4.78 is 0. The predicted molar refractivity (Wildman–Crippen MR) is 57.7 cm³/mol. The molecule has 0 aliphatic carbocycles. The molecular formula is C12H20O. The average molecular weight is 180 g/mol. The first-order valence-corrected chi connectivity index (χ1v) is 5.08. The van der Waals surface area contributed by atoms with E-state index in [9.17, 15) is 4.79 Å². The summed E-state index contributed by atoms with van der Waals surface area (Å²) in [5.74, 6) is 0.0593. The number of unbranched alkanes of at least 4 members (excludes halogenated alkanes) is 2. The van der Waals surface area contributed by atoms with Crippen LogP contribution in [0.4, 0.5) is 0 Å². The maximum Gasteiger partial charge on any atom is 0.126 e. The fourth-order valence-electron chi connectivity index (χ4n) is 0.953. The van der Waals surface area contributed by atoms with Crippen LogP contribution in [0.3, 0.4) is 0 Å². The molecular weight excluding hydrogens is 160 g/mol. The van der Waals surface area contributed by atoms with Crippen molar-refractivity contribution in [1.29, 1.82) is 0 Å². The van der Waals surface area contributed by atoms with Gasteiger partial charge in [-0.25, -0.2) is 0 Å². The zero-order valence-corrected chi connectivity index (χ0v) is 8.70. The van der Waals surface area contributed by atoms with Gasteiger partial charge in [0.2, 0.25) is 0 Å². The average Bonchev–Trinajstić information content (AvgIpc) is 2.16. The van der Waals surface area contributed by atoms with Gasteiger partial charge in [-0.15, -0.1) is 0 Å². The Morgan fingerprint density at radius 2 is 2.00 bits per heavy atom. The SMILES string of the molecule is CCCCC=CCC=CC(C)C=O. The van der Waals surface area contributed by atoms with Gasteiger partial charge in [-0.2, -0.15) is 0 Å². The number of carbonyl (C=O) groups is 1. The highest BCUT2D eigenvalue weighted by atomic mass is 16.1. The third kappa shape index (κ3) is 9.06. The van der Waals surface area contributed by atoms with Crippen molar-refractivity contribution >= 4 is 6.29 Å². The Bertz CT molecular complexity index is 168. The molecule has 0 spiro atoms. The molecule has 0 bridgehead atoms. The molecule has 1 atom stereocenters. The quantitative estimate of drug-likeness (QED) is 0.333. The van der Waals surface area contributed by atoms with Crippen molar-refractivity contribution in [3.63, 3.8) is 0 Å². The Kier molecular flexibility index (Phi) is 8.64. The molecule has 0 saturated carbocycles. The Labute approximate surface area is 81.5 Å². The molecule has 0 saturated heterocycles. The van der Waals surface area contributed by atoms with E-state index >= 15 is 0 Å². The minimum Gasteiger partial charge on any atom is -0.303 e. The molecule has 1 unspecified atom stereocenters.